The molecule has 20 heavy (non-hydrogen) atoms. The number of morpholine rings is 1. The third-order valence-electron chi connectivity index (χ3n) is 4.56. The molecule has 1 heterocycles. The van der Waals surface area contributed by atoms with E-state index in [0.29, 0.717) is 12.1 Å². The normalized spacial score (nSPS) is 22.1. The Morgan fingerprint density at radius 1 is 1.10 bits per heavy atom. The number of ether oxygens (including phenoxy) is 1. The fourth-order valence-electron chi connectivity index (χ4n) is 3.10. The molecule has 0 amide bonds. The standard InChI is InChI=1S/C17H36N2O/c1-4-6-7-8-9-10-11-12-16(18-3)17-15-19(5-2)13-14-20-17/h16-18H,4-15H2,1-3H3. The minimum absolute atomic E-state index is 0.383. The monoisotopic (exact) mass is 284 g/mol. The van der Waals surface area contributed by atoms with Gasteiger partial charge < -0.3 is 10.1 Å². The quantitative estimate of drug-likeness (QED) is 0.588. The van der Waals surface area contributed by atoms with Gasteiger partial charge in [0.1, 0.15) is 0 Å². The van der Waals surface area contributed by atoms with Gasteiger partial charge in [0.2, 0.25) is 0 Å². The molecule has 3 nitrogen and oxygen atoms in total. The maximum Gasteiger partial charge on any atom is 0.0855 e. The predicted octanol–water partition coefficient (Wildman–Crippen LogP) is 3.44. The lowest BCUT2D eigenvalue weighted by Crippen LogP contribution is -2.51. The molecule has 0 radical (unpaired) electrons. The van der Waals surface area contributed by atoms with E-state index in [0.717, 1.165) is 26.2 Å². The largest absolute Gasteiger partial charge is 0.374 e. The van der Waals surface area contributed by atoms with Crippen LogP contribution in [0.3, 0.4) is 0 Å². The number of nitrogens with one attached hydrogen (secondary N) is 1. The molecule has 0 bridgehead atoms. The number of likely N-dealkylation sites (N-methyl/N-ethyl adjacent to an activating group) is 2. The van der Waals surface area contributed by atoms with Crippen molar-refractivity contribution in [3.63, 3.8) is 0 Å². The molecule has 0 aromatic heterocycles. The highest BCUT2D eigenvalue weighted by Crippen LogP contribution is 2.15. The van der Waals surface area contributed by atoms with Crippen LogP contribution in [0, 0.1) is 0 Å². The molecular formula is C17H36N2O. The van der Waals surface area contributed by atoms with Crippen LogP contribution < -0.4 is 5.32 Å². The highest BCUT2D eigenvalue weighted by atomic mass is 16.5. The summed E-state index contributed by atoms with van der Waals surface area (Å²) < 4.78 is 5.97. The van der Waals surface area contributed by atoms with Gasteiger partial charge in [0, 0.05) is 19.1 Å². The van der Waals surface area contributed by atoms with Gasteiger partial charge >= 0.3 is 0 Å². The molecule has 1 rings (SSSR count). The third-order valence-corrected chi connectivity index (χ3v) is 4.56. The van der Waals surface area contributed by atoms with Gasteiger partial charge in [-0.2, -0.15) is 0 Å². The average Bonchev–Trinajstić information content (AvgIpc) is 2.50. The van der Waals surface area contributed by atoms with Crippen molar-refractivity contribution in [2.45, 2.75) is 77.4 Å². The molecule has 0 aliphatic carbocycles. The first kappa shape index (κ1) is 17.9. The minimum atomic E-state index is 0.383. The predicted molar refractivity (Wildman–Crippen MR) is 87.3 cm³/mol. The summed E-state index contributed by atoms with van der Waals surface area (Å²) in [6.45, 7) is 8.76. The van der Waals surface area contributed by atoms with Gasteiger partial charge in [0.15, 0.2) is 0 Å². The molecule has 1 aliphatic rings. The van der Waals surface area contributed by atoms with Crippen molar-refractivity contribution in [2.75, 3.05) is 33.3 Å². The van der Waals surface area contributed by atoms with E-state index in [-0.39, 0.29) is 0 Å². The Kier molecular flexibility index (Phi) is 10.3. The number of nitrogens with zero attached hydrogens (tertiary/aromatic N) is 1. The van der Waals surface area contributed by atoms with Crippen molar-refractivity contribution in [3.05, 3.63) is 0 Å². The molecule has 120 valence electrons. The Morgan fingerprint density at radius 2 is 1.80 bits per heavy atom. The van der Waals surface area contributed by atoms with Crippen LogP contribution in [-0.2, 0) is 4.74 Å². The Balaban J connectivity index is 2.12. The summed E-state index contributed by atoms with van der Waals surface area (Å²) in [6.07, 6.45) is 11.3. The van der Waals surface area contributed by atoms with Crippen LogP contribution in [0.2, 0.25) is 0 Å². The van der Waals surface area contributed by atoms with Crippen molar-refractivity contribution in [1.82, 2.24) is 10.2 Å². The number of rotatable bonds is 11. The molecule has 2 atom stereocenters. The SMILES string of the molecule is CCCCCCCCCC(NC)C1CN(CC)CCO1. The first-order valence-electron chi connectivity index (χ1n) is 8.83. The maximum atomic E-state index is 5.97. The second-order valence-corrected chi connectivity index (χ2v) is 6.11. The van der Waals surface area contributed by atoms with Gasteiger partial charge in [-0.1, -0.05) is 58.8 Å². The molecule has 0 saturated carbocycles. The number of unbranched alkanes of at least 4 members (excludes halogenated alkanes) is 6. The van der Waals surface area contributed by atoms with Crippen LogP contribution in [0.1, 0.15) is 65.2 Å². The van der Waals surface area contributed by atoms with E-state index in [1.54, 1.807) is 0 Å². The average molecular weight is 284 g/mol. The highest BCUT2D eigenvalue weighted by molar-refractivity contribution is 4.81. The van der Waals surface area contributed by atoms with Crippen LogP contribution in [-0.4, -0.2) is 50.3 Å². The minimum Gasteiger partial charge on any atom is -0.374 e. The lowest BCUT2D eigenvalue weighted by Gasteiger charge is -2.36. The van der Waals surface area contributed by atoms with Crippen LogP contribution in [0.4, 0.5) is 0 Å². The van der Waals surface area contributed by atoms with Crippen LogP contribution >= 0.6 is 0 Å². The Bertz CT molecular complexity index is 223. The van der Waals surface area contributed by atoms with E-state index in [1.807, 2.05) is 0 Å². The Morgan fingerprint density at radius 3 is 2.45 bits per heavy atom. The van der Waals surface area contributed by atoms with Crippen molar-refractivity contribution in [1.29, 1.82) is 0 Å². The molecular weight excluding hydrogens is 248 g/mol. The van der Waals surface area contributed by atoms with Gasteiger partial charge in [-0.3, -0.25) is 4.90 Å². The first-order valence-corrected chi connectivity index (χ1v) is 8.83. The summed E-state index contributed by atoms with van der Waals surface area (Å²) >= 11 is 0. The summed E-state index contributed by atoms with van der Waals surface area (Å²) in [5, 5.41) is 3.48. The zero-order valence-corrected chi connectivity index (χ0v) is 14.0. The fraction of sp³-hybridized carbons (Fsp3) is 1.00. The molecule has 3 heteroatoms. The number of hydrogen-bond donors (Lipinski definition) is 1. The van der Waals surface area contributed by atoms with E-state index >= 15 is 0 Å². The van der Waals surface area contributed by atoms with Crippen molar-refractivity contribution < 1.29 is 4.74 Å². The van der Waals surface area contributed by atoms with Gasteiger partial charge in [-0.15, -0.1) is 0 Å². The zero-order chi connectivity index (χ0) is 14.6. The topological polar surface area (TPSA) is 24.5 Å². The summed E-state index contributed by atoms with van der Waals surface area (Å²) in [5.74, 6) is 0. The third kappa shape index (κ3) is 7.05. The molecule has 2 unspecified atom stereocenters. The maximum absolute atomic E-state index is 5.97. The van der Waals surface area contributed by atoms with Gasteiger partial charge in [0.25, 0.3) is 0 Å². The first-order chi connectivity index (χ1) is 9.81. The van der Waals surface area contributed by atoms with E-state index in [1.165, 1.54) is 51.4 Å². The van der Waals surface area contributed by atoms with Gasteiger partial charge in [0.05, 0.1) is 12.7 Å². The summed E-state index contributed by atoms with van der Waals surface area (Å²) in [6, 6.07) is 0.528. The van der Waals surface area contributed by atoms with E-state index in [4.69, 9.17) is 4.74 Å². The lowest BCUT2D eigenvalue weighted by molar-refractivity contribution is -0.0453. The molecule has 1 saturated heterocycles. The lowest BCUT2D eigenvalue weighted by atomic mass is 10.0. The van der Waals surface area contributed by atoms with E-state index in [2.05, 4.69) is 31.1 Å². The Labute approximate surface area is 126 Å². The van der Waals surface area contributed by atoms with Crippen LogP contribution in [0.15, 0.2) is 0 Å². The smallest absolute Gasteiger partial charge is 0.0855 e. The summed E-state index contributed by atoms with van der Waals surface area (Å²) in [7, 11) is 2.08. The van der Waals surface area contributed by atoms with Gasteiger partial charge in [-0.05, 0) is 20.0 Å². The van der Waals surface area contributed by atoms with Crippen molar-refractivity contribution in [3.8, 4) is 0 Å². The molecule has 1 N–H and O–H groups in total. The van der Waals surface area contributed by atoms with E-state index < -0.39 is 0 Å². The highest BCUT2D eigenvalue weighted by Gasteiger charge is 2.25. The Hall–Kier alpha value is -0.120. The fourth-order valence-corrected chi connectivity index (χ4v) is 3.10. The zero-order valence-electron chi connectivity index (χ0n) is 14.0. The van der Waals surface area contributed by atoms with Crippen molar-refractivity contribution >= 4 is 0 Å². The van der Waals surface area contributed by atoms with E-state index in [9.17, 15) is 0 Å². The second-order valence-electron chi connectivity index (χ2n) is 6.11. The summed E-state index contributed by atoms with van der Waals surface area (Å²) in [4.78, 5) is 2.50. The van der Waals surface area contributed by atoms with Crippen molar-refractivity contribution in [2.24, 2.45) is 0 Å². The molecule has 1 aliphatic heterocycles. The second kappa shape index (κ2) is 11.5. The molecule has 0 spiro atoms. The molecule has 0 aromatic rings. The molecule has 1 fully saturated rings. The molecule has 0 aromatic carbocycles. The number of hydrogen-bond acceptors (Lipinski definition) is 3. The summed E-state index contributed by atoms with van der Waals surface area (Å²) in [5.41, 5.74) is 0. The van der Waals surface area contributed by atoms with Crippen LogP contribution in [0.5, 0.6) is 0 Å². The van der Waals surface area contributed by atoms with Crippen LogP contribution in [0.25, 0.3) is 0 Å². The van der Waals surface area contributed by atoms with Gasteiger partial charge in [-0.25, -0.2) is 0 Å².